The number of para-hydroxylation sites is 1. The number of methoxy groups -OCH3 is 1. The van der Waals surface area contributed by atoms with Crippen LogP contribution in [0.15, 0.2) is 24.3 Å². The molecule has 0 bridgehead atoms. The van der Waals surface area contributed by atoms with Gasteiger partial charge in [-0.25, -0.2) is 0 Å². The van der Waals surface area contributed by atoms with Crippen LogP contribution in [0.3, 0.4) is 0 Å². The Bertz CT molecular complexity index is 466. The minimum atomic E-state index is -0.523. The summed E-state index contributed by atoms with van der Waals surface area (Å²) in [5.74, 6) is 0.722. The largest absolute Gasteiger partial charge is 0.496 e. The Morgan fingerprint density at radius 1 is 1.30 bits per heavy atom. The van der Waals surface area contributed by atoms with Crippen molar-refractivity contribution in [2.75, 3.05) is 14.2 Å². The monoisotopic (exact) mass is 278 g/mol. The molecule has 0 saturated heterocycles. The molecule has 0 radical (unpaired) electrons. The molecule has 1 unspecified atom stereocenters. The number of carbonyl (C=O) groups is 1. The first kappa shape index (κ1) is 16.5. The molecule has 112 valence electrons. The minimum Gasteiger partial charge on any atom is -0.496 e. The maximum Gasteiger partial charge on any atom is 0.240 e. The van der Waals surface area contributed by atoms with Crippen LogP contribution < -0.4 is 10.5 Å². The van der Waals surface area contributed by atoms with Crippen LogP contribution >= 0.6 is 0 Å². The van der Waals surface area contributed by atoms with Gasteiger partial charge >= 0.3 is 0 Å². The van der Waals surface area contributed by atoms with E-state index in [0.717, 1.165) is 11.3 Å². The number of benzene rings is 1. The number of hydrogen-bond donors (Lipinski definition) is 1. The molecule has 4 nitrogen and oxygen atoms in total. The lowest BCUT2D eigenvalue weighted by atomic mass is 9.86. The lowest BCUT2D eigenvalue weighted by Gasteiger charge is -2.33. The van der Waals surface area contributed by atoms with Gasteiger partial charge in [-0.1, -0.05) is 39.0 Å². The Morgan fingerprint density at radius 3 is 2.35 bits per heavy atom. The van der Waals surface area contributed by atoms with E-state index < -0.39 is 6.04 Å². The van der Waals surface area contributed by atoms with Crippen molar-refractivity contribution in [3.05, 3.63) is 29.8 Å². The van der Waals surface area contributed by atoms with E-state index in [1.54, 1.807) is 19.1 Å². The second-order valence-corrected chi connectivity index (χ2v) is 6.21. The Balaban J connectivity index is 2.97. The second-order valence-electron chi connectivity index (χ2n) is 6.21. The molecule has 1 aromatic rings. The molecule has 4 heteroatoms. The highest BCUT2D eigenvalue weighted by Gasteiger charge is 2.32. The maximum absolute atomic E-state index is 12.5. The Morgan fingerprint density at radius 2 is 1.85 bits per heavy atom. The fraction of sp³-hybridized carbons (Fsp3) is 0.562. The standard InChI is InChI=1S/C16H26N2O2/c1-11(12-9-7-8-10-13(12)20-6)18(5)15(19)14(17)16(2,3)4/h7-11,14H,17H2,1-6H3/t11?,14-/m1/s1. The molecule has 2 N–H and O–H groups in total. The number of amides is 1. The van der Waals surface area contributed by atoms with Crippen molar-refractivity contribution in [1.82, 2.24) is 4.90 Å². The summed E-state index contributed by atoms with van der Waals surface area (Å²) in [6, 6.07) is 7.11. The maximum atomic E-state index is 12.5. The van der Waals surface area contributed by atoms with Gasteiger partial charge in [0.2, 0.25) is 5.91 Å². The zero-order chi connectivity index (χ0) is 15.5. The van der Waals surface area contributed by atoms with Gasteiger partial charge in [-0.05, 0) is 18.4 Å². The van der Waals surface area contributed by atoms with Gasteiger partial charge in [0, 0.05) is 12.6 Å². The average Bonchev–Trinajstić information content (AvgIpc) is 2.42. The van der Waals surface area contributed by atoms with Crippen LogP contribution in [0, 0.1) is 5.41 Å². The summed E-state index contributed by atoms with van der Waals surface area (Å²) in [6.07, 6.45) is 0. The van der Waals surface area contributed by atoms with E-state index in [9.17, 15) is 4.79 Å². The van der Waals surface area contributed by atoms with Crippen molar-refractivity contribution in [3.8, 4) is 5.75 Å². The number of carbonyl (C=O) groups excluding carboxylic acids is 1. The molecular formula is C16H26N2O2. The van der Waals surface area contributed by atoms with E-state index in [-0.39, 0.29) is 17.4 Å². The summed E-state index contributed by atoms with van der Waals surface area (Å²) >= 11 is 0. The van der Waals surface area contributed by atoms with E-state index in [0.29, 0.717) is 0 Å². The van der Waals surface area contributed by atoms with Crippen molar-refractivity contribution in [2.24, 2.45) is 11.1 Å². The molecule has 0 spiro atoms. The Labute approximate surface area is 121 Å². The zero-order valence-electron chi connectivity index (χ0n) is 13.3. The normalized spacial score (nSPS) is 14.6. The molecular weight excluding hydrogens is 252 g/mol. The van der Waals surface area contributed by atoms with Crippen LogP contribution in [-0.4, -0.2) is 31.0 Å². The molecule has 0 aromatic heterocycles. The molecule has 1 amide bonds. The molecule has 0 saturated carbocycles. The van der Waals surface area contributed by atoms with Crippen molar-refractivity contribution < 1.29 is 9.53 Å². The van der Waals surface area contributed by atoms with Gasteiger partial charge in [-0.3, -0.25) is 4.79 Å². The molecule has 1 aromatic carbocycles. The highest BCUT2D eigenvalue weighted by atomic mass is 16.5. The number of hydrogen-bond acceptors (Lipinski definition) is 3. The number of ether oxygens (including phenoxy) is 1. The third-order valence-corrected chi connectivity index (χ3v) is 3.72. The molecule has 20 heavy (non-hydrogen) atoms. The predicted octanol–water partition coefficient (Wildman–Crippen LogP) is 2.59. The fourth-order valence-electron chi connectivity index (χ4n) is 2.00. The van der Waals surface area contributed by atoms with Gasteiger partial charge in [-0.2, -0.15) is 0 Å². The summed E-state index contributed by atoms with van der Waals surface area (Å²) in [6.45, 7) is 7.89. The van der Waals surface area contributed by atoms with E-state index >= 15 is 0 Å². The minimum absolute atomic E-state index is 0.0593. The Kier molecular flexibility index (Phi) is 5.17. The van der Waals surface area contributed by atoms with Gasteiger partial charge in [0.1, 0.15) is 5.75 Å². The average molecular weight is 278 g/mol. The number of rotatable bonds is 4. The van der Waals surface area contributed by atoms with Gasteiger partial charge in [-0.15, -0.1) is 0 Å². The van der Waals surface area contributed by atoms with Gasteiger partial charge in [0.05, 0.1) is 19.2 Å². The lowest BCUT2D eigenvalue weighted by Crippen LogP contribution is -2.49. The summed E-state index contributed by atoms with van der Waals surface area (Å²) in [4.78, 5) is 14.2. The smallest absolute Gasteiger partial charge is 0.240 e. The molecule has 1 rings (SSSR count). The topological polar surface area (TPSA) is 55.6 Å². The first-order valence-corrected chi connectivity index (χ1v) is 6.85. The first-order chi connectivity index (χ1) is 9.20. The van der Waals surface area contributed by atoms with E-state index in [4.69, 9.17) is 10.5 Å². The van der Waals surface area contributed by atoms with E-state index in [1.165, 1.54) is 0 Å². The molecule has 0 aliphatic heterocycles. The Hall–Kier alpha value is -1.55. The third kappa shape index (κ3) is 3.51. The van der Waals surface area contributed by atoms with Crippen molar-refractivity contribution in [3.63, 3.8) is 0 Å². The summed E-state index contributed by atoms with van der Waals surface area (Å²) in [5.41, 5.74) is 6.78. The van der Waals surface area contributed by atoms with Crippen molar-refractivity contribution in [2.45, 2.75) is 39.8 Å². The zero-order valence-corrected chi connectivity index (χ0v) is 13.3. The molecule has 2 atom stereocenters. The van der Waals surface area contributed by atoms with Crippen molar-refractivity contribution in [1.29, 1.82) is 0 Å². The number of likely N-dealkylation sites (N-methyl/N-ethyl adjacent to an activating group) is 1. The molecule has 0 aliphatic rings. The van der Waals surface area contributed by atoms with Crippen LogP contribution in [0.25, 0.3) is 0 Å². The van der Waals surface area contributed by atoms with Crippen LogP contribution in [0.2, 0.25) is 0 Å². The molecule has 0 fully saturated rings. The molecule has 0 heterocycles. The van der Waals surface area contributed by atoms with Crippen LogP contribution in [0.1, 0.15) is 39.3 Å². The summed E-state index contributed by atoms with van der Waals surface area (Å²) in [5, 5.41) is 0. The van der Waals surface area contributed by atoms with Gasteiger partial charge < -0.3 is 15.4 Å². The second kappa shape index (κ2) is 6.27. The van der Waals surface area contributed by atoms with Crippen molar-refractivity contribution >= 4 is 5.91 Å². The van der Waals surface area contributed by atoms with Crippen LogP contribution in [-0.2, 0) is 4.79 Å². The van der Waals surface area contributed by atoms with Gasteiger partial charge in [0.15, 0.2) is 0 Å². The molecule has 0 aliphatic carbocycles. The van der Waals surface area contributed by atoms with Crippen LogP contribution in [0.4, 0.5) is 0 Å². The SMILES string of the molecule is COc1ccccc1C(C)N(C)C(=O)[C@@H](N)C(C)(C)C. The lowest BCUT2D eigenvalue weighted by molar-refractivity contribution is -0.135. The number of nitrogens with two attached hydrogens (primary N) is 1. The predicted molar refractivity (Wildman–Crippen MR) is 81.6 cm³/mol. The van der Waals surface area contributed by atoms with E-state index in [2.05, 4.69) is 0 Å². The third-order valence-electron chi connectivity index (χ3n) is 3.72. The highest BCUT2D eigenvalue weighted by molar-refractivity contribution is 5.82. The van der Waals surface area contributed by atoms with E-state index in [1.807, 2.05) is 52.0 Å². The van der Waals surface area contributed by atoms with Gasteiger partial charge in [0.25, 0.3) is 0 Å². The quantitative estimate of drug-likeness (QED) is 0.921. The number of nitrogens with zero attached hydrogens (tertiary/aromatic N) is 1. The fourth-order valence-corrected chi connectivity index (χ4v) is 2.00. The summed E-state index contributed by atoms with van der Waals surface area (Å²) in [7, 11) is 3.42. The first-order valence-electron chi connectivity index (χ1n) is 6.85. The summed E-state index contributed by atoms with van der Waals surface area (Å²) < 4.78 is 5.35. The van der Waals surface area contributed by atoms with Crippen LogP contribution in [0.5, 0.6) is 5.75 Å². The highest BCUT2D eigenvalue weighted by Crippen LogP contribution is 2.29.